The predicted molar refractivity (Wildman–Crippen MR) is 57.2 cm³/mol. The van der Waals surface area contributed by atoms with Gasteiger partial charge in [-0.1, -0.05) is 6.92 Å². The molecule has 0 aliphatic carbocycles. The Kier molecular flexibility index (Phi) is 9.87. The minimum absolute atomic E-state index is 0.843. The van der Waals surface area contributed by atoms with E-state index in [9.17, 15) is 0 Å². The van der Waals surface area contributed by atoms with Crippen LogP contribution in [0, 0.1) is 0 Å². The van der Waals surface area contributed by atoms with Gasteiger partial charge in [0.15, 0.2) is 0 Å². The van der Waals surface area contributed by atoms with Crippen LogP contribution in [-0.4, -0.2) is 51.8 Å². The van der Waals surface area contributed by atoms with E-state index in [0.29, 0.717) is 0 Å². The van der Waals surface area contributed by atoms with Crippen molar-refractivity contribution < 1.29 is 4.74 Å². The molecule has 0 aliphatic heterocycles. The molecule has 0 fully saturated rings. The van der Waals surface area contributed by atoms with Gasteiger partial charge in [-0.3, -0.25) is 0 Å². The summed E-state index contributed by atoms with van der Waals surface area (Å²) in [6.07, 6.45) is 2.32. The fourth-order valence-corrected chi connectivity index (χ4v) is 1.04. The monoisotopic (exact) mass is 188 g/mol. The molecule has 0 aromatic heterocycles. The molecule has 0 heterocycles. The highest BCUT2D eigenvalue weighted by atomic mass is 16.5. The zero-order valence-corrected chi connectivity index (χ0v) is 9.31. The maximum Gasteiger partial charge on any atom is 0.0590 e. The largest absolute Gasteiger partial charge is 0.380 e. The topological polar surface area (TPSA) is 24.5 Å². The van der Waals surface area contributed by atoms with Gasteiger partial charge in [0.2, 0.25) is 0 Å². The van der Waals surface area contributed by atoms with Crippen molar-refractivity contribution in [3.63, 3.8) is 0 Å². The van der Waals surface area contributed by atoms with E-state index in [2.05, 4.69) is 31.2 Å². The maximum atomic E-state index is 5.34. The Balaban J connectivity index is 2.84. The van der Waals surface area contributed by atoms with Gasteiger partial charge in [0.25, 0.3) is 0 Å². The molecule has 0 saturated heterocycles. The molecule has 0 spiro atoms. The van der Waals surface area contributed by atoms with Crippen LogP contribution >= 0.6 is 0 Å². The lowest BCUT2D eigenvalue weighted by Crippen LogP contribution is -2.24. The molecule has 0 radical (unpaired) electrons. The van der Waals surface area contributed by atoms with Crippen LogP contribution in [0.15, 0.2) is 0 Å². The second-order valence-corrected chi connectivity index (χ2v) is 3.52. The van der Waals surface area contributed by atoms with E-state index in [1.807, 2.05) is 0 Å². The second kappa shape index (κ2) is 9.96. The Morgan fingerprint density at radius 2 is 1.92 bits per heavy atom. The van der Waals surface area contributed by atoms with Crippen molar-refractivity contribution in [3.8, 4) is 0 Å². The quantitative estimate of drug-likeness (QED) is 0.545. The first-order valence-corrected chi connectivity index (χ1v) is 5.20. The van der Waals surface area contributed by atoms with Gasteiger partial charge in [0, 0.05) is 13.2 Å². The lowest BCUT2D eigenvalue weighted by molar-refractivity contribution is 0.136. The molecule has 3 heteroatoms. The van der Waals surface area contributed by atoms with E-state index >= 15 is 0 Å². The highest BCUT2D eigenvalue weighted by molar-refractivity contribution is 4.49. The number of rotatable bonds is 9. The predicted octanol–water partition coefficient (Wildman–Crippen LogP) is 0.954. The van der Waals surface area contributed by atoms with Crippen molar-refractivity contribution >= 4 is 0 Å². The van der Waals surface area contributed by atoms with Gasteiger partial charge in [-0.2, -0.15) is 0 Å². The Hall–Kier alpha value is -0.120. The van der Waals surface area contributed by atoms with Gasteiger partial charge in [0.1, 0.15) is 0 Å². The number of nitrogens with one attached hydrogen (secondary N) is 1. The fourth-order valence-electron chi connectivity index (χ4n) is 1.04. The zero-order valence-electron chi connectivity index (χ0n) is 9.31. The van der Waals surface area contributed by atoms with E-state index < -0.39 is 0 Å². The minimum atomic E-state index is 0.843. The molecule has 0 aromatic carbocycles. The third kappa shape index (κ3) is 11.9. The van der Waals surface area contributed by atoms with Crippen LogP contribution < -0.4 is 5.32 Å². The first kappa shape index (κ1) is 12.9. The Morgan fingerprint density at radius 1 is 1.15 bits per heavy atom. The van der Waals surface area contributed by atoms with Gasteiger partial charge >= 0.3 is 0 Å². The first-order chi connectivity index (χ1) is 6.27. The summed E-state index contributed by atoms with van der Waals surface area (Å²) in [6.45, 7) is 7.09. The van der Waals surface area contributed by atoms with Gasteiger partial charge in [-0.05, 0) is 40.0 Å². The van der Waals surface area contributed by atoms with Crippen LogP contribution in [-0.2, 0) is 4.74 Å². The average molecular weight is 188 g/mol. The van der Waals surface area contributed by atoms with Gasteiger partial charge in [0.05, 0.1) is 6.61 Å². The van der Waals surface area contributed by atoms with Gasteiger partial charge < -0.3 is 15.0 Å². The minimum Gasteiger partial charge on any atom is -0.380 e. The molecule has 1 N–H and O–H groups in total. The molecule has 0 saturated carbocycles. The summed E-state index contributed by atoms with van der Waals surface area (Å²) >= 11 is 0. The summed E-state index contributed by atoms with van der Waals surface area (Å²) in [6, 6.07) is 0. The SMILES string of the molecule is CCCOCCNCCCN(C)C. The van der Waals surface area contributed by atoms with Crippen molar-refractivity contribution in [1.82, 2.24) is 10.2 Å². The van der Waals surface area contributed by atoms with E-state index in [4.69, 9.17) is 4.74 Å². The molecule has 0 rings (SSSR count). The maximum absolute atomic E-state index is 5.34. The molecule has 13 heavy (non-hydrogen) atoms. The molecule has 0 unspecified atom stereocenters. The van der Waals surface area contributed by atoms with Crippen molar-refractivity contribution in [2.45, 2.75) is 19.8 Å². The molecule has 0 atom stereocenters. The average Bonchev–Trinajstić information content (AvgIpc) is 2.09. The summed E-state index contributed by atoms with van der Waals surface area (Å²) in [5.41, 5.74) is 0. The molecule has 0 bridgehead atoms. The Labute approximate surface area is 82.4 Å². The highest BCUT2D eigenvalue weighted by Gasteiger charge is 1.90. The molecular formula is C10H24N2O. The zero-order chi connectivity index (χ0) is 9.94. The fraction of sp³-hybridized carbons (Fsp3) is 1.00. The van der Waals surface area contributed by atoms with Crippen molar-refractivity contribution in [3.05, 3.63) is 0 Å². The molecule has 3 nitrogen and oxygen atoms in total. The van der Waals surface area contributed by atoms with Crippen LogP contribution in [0.1, 0.15) is 19.8 Å². The normalized spacial score (nSPS) is 11.1. The number of hydrogen-bond acceptors (Lipinski definition) is 3. The number of hydrogen-bond donors (Lipinski definition) is 1. The Morgan fingerprint density at radius 3 is 2.54 bits per heavy atom. The third-order valence-corrected chi connectivity index (χ3v) is 1.73. The Bertz CT molecular complexity index is 96.9. The van der Waals surface area contributed by atoms with Gasteiger partial charge in [-0.25, -0.2) is 0 Å². The number of nitrogens with zero attached hydrogens (tertiary/aromatic N) is 1. The van der Waals surface area contributed by atoms with E-state index in [1.54, 1.807) is 0 Å². The second-order valence-electron chi connectivity index (χ2n) is 3.52. The van der Waals surface area contributed by atoms with Crippen LogP contribution in [0.4, 0.5) is 0 Å². The molecule has 0 aliphatic rings. The summed E-state index contributed by atoms with van der Waals surface area (Å²) in [7, 11) is 4.20. The first-order valence-electron chi connectivity index (χ1n) is 5.20. The summed E-state index contributed by atoms with van der Waals surface area (Å²) in [5.74, 6) is 0. The van der Waals surface area contributed by atoms with Gasteiger partial charge in [-0.15, -0.1) is 0 Å². The third-order valence-electron chi connectivity index (χ3n) is 1.73. The summed E-state index contributed by atoms with van der Waals surface area (Å²) in [5, 5.41) is 3.35. The lowest BCUT2D eigenvalue weighted by Gasteiger charge is -2.09. The van der Waals surface area contributed by atoms with E-state index in [-0.39, 0.29) is 0 Å². The van der Waals surface area contributed by atoms with Crippen LogP contribution in [0.3, 0.4) is 0 Å². The summed E-state index contributed by atoms with van der Waals surface area (Å²) in [4.78, 5) is 2.20. The van der Waals surface area contributed by atoms with Crippen molar-refractivity contribution in [1.29, 1.82) is 0 Å². The molecule has 0 aromatic rings. The smallest absolute Gasteiger partial charge is 0.0590 e. The molecule has 0 amide bonds. The number of ether oxygens (including phenoxy) is 1. The van der Waals surface area contributed by atoms with Crippen LogP contribution in [0.2, 0.25) is 0 Å². The van der Waals surface area contributed by atoms with E-state index in [1.165, 1.54) is 6.42 Å². The van der Waals surface area contributed by atoms with Crippen LogP contribution in [0.25, 0.3) is 0 Å². The van der Waals surface area contributed by atoms with Crippen LogP contribution in [0.5, 0.6) is 0 Å². The van der Waals surface area contributed by atoms with Crippen molar-refractivity contribution in [2.24, 2.45) is 0 Å². The standard InChI is InChI=1S/C10H24N2O/c1-4-9-13-10-7-11-6-5-8-12(2)3/h11H,4-10H2,1-3H3. The van der Waals surface area contributed by atoms with E-state index in [0.717, 1.165) is 39.3 Å². The summed E-state index contributed by atoms with van der Waals surface area (Å²) < 4.78 is 5.34. The molecular weight excluding hydrogens is 164 g/mol. The lowest BCUT2D eigenvalue weighted by atomic mass is 10.4. The molecule has 80 valence electrons. The van der Waals surface area contributed by atoms with Crippen molar-refractivity contribution in [2.75, 3.05) is 46.9 Å². The highest BCUT2D eigenvalue weighted by Crippen LogP contribution is 1.81.